The van der Waals surface area contributed by atoms with Crippen LogP contribution in [0.2, 0.25) is 0 Å². The highest BCUT2D eigenvalue weighted by Crippen LogP contribution is 2.15. The normalized spacial score (nSPS) is 13.8. The van der Waals surface area contributed by atoms with E-state index in [1.807, 2.05) is 13.8 Å². The van der Waals surface area contributed by atoms with Crippen molar-refractivity contribution in [2.45, 2.75) is 26.0 Å². The summed E-state index contributed by atoms with van der Waals surface area (Å²) in [5.41, 5.74) is 0.660. The third-order valence-corrected chi connectivity index (χ3v) is 1.70. The first-order valence-corrected chi connectivity index (χ1v) is 3.99. The van der Waals surface area contributed by atoms with Crippen LogP contribution in [0.3, 0.4) is 0 Å². The SMILES string of the molecule is CC(C)n1nccc1C(O)CO. The second-order valence-corrected chi connectivity index (χ2v) is 2.99. The van der Waals surface area contributed by atoms with Crippen LogP contribution in [0.4, 0.5) is 0 Å². The Kier molecular flexibility index (Phi) is 2.83. The minimum absolute atomic E-state index is 0.205. The van der Waals surface area contributed by atoms with Gasteiger partial charge in [-0.3, -0.25) is 4.68 Å². The van der Waals surface area contributed by atoms with Gasteiger partial charge in [0.2, 0.25) is 0 Å². The number of aliphatic hydroxyl groups is 2. The molecule has 0 radical (unpaired) electrons. The van der Waals surface area contributed by atoms with Gasteiger partial charge in [-0.2, -0.15) is 5.10 Å². The van der Waals surface area contributed by atoms with Gasteiger partial charge in [0.1, 0.15) is 6.10 Å². The predicted molar refractivity (Wildman–Crippen MR) is 44.7 cm³/mol. The van der Waals surface area contributed by atoms with Crippen molar-refractivity contribution in [3.05, 3.63) is 18.0 Å². The minimum Gasteiger partial charge on any atom is -0.393 e. The van der Waals surface area contributed by atoms with Gasteiger partial charge >= 0.3 is 0 Å². The summed E-state index contributed by atoms with van der Waals surface area (Å²) in [5.74, 6) is 0. The molecule has 4 nitrogen and oxygen atoms in total. The predicted octanol–water partition coefficient (Wildman–Crippen LogP) is 0.490. The Hall–Kier alpha value is -0.870. The summed E-state index contributed by atoms with van der Waals surface area (Å²) in [4.78, 5) is 0. The standard InChI is InChI=1S/C8H14N2O2/c1-6(2)10-7(3-4-9-10)8(12)5-11/h3-4,6,8,11-12H,5H2,1-2H3. The van der Waals surface area contributed by atoms with Gasteiger partial charge in [-0.25, -0.2) is 0 Å². The maximum absolute atomic E-state index is 9.34. The molecule has 0 fully saturated rings. The van der Waals surface area contributed by atoms with Gasteiger partial charge in [-0.15, -0.1) is 0 Å². The molecule has 1 rings (SSSR count). The van der Waals surface area contributed by atoms with E-state index in [1.54, 1.807) is 16.9 Å². The largest absolute Gasteiger partial charge is 0.393 e. The Balaban J connectivity index is 2.91. The third kappa shape index (κ3) is 1.65. The zero-order valence-corrected chi connectivity index (χ0v) is 7.31. The average Bonchev–Trinajstić information content (AvgIpc) is 2.50. The van der Waals surface area contributed by atoms with Crippen molar-refractivity contribution < 1.29 is 10.2 Å². The Labute approximate surface area is 71.5 Å². The lowest BCUT2D eigenvalue weighted by atomic mass is 10.2. The van der Waals surface area contributed by atoms with Crippen LogP contribution in [-0.4, -0.2) is 26.6 Å². The number of rotatable bonds is 3. The fourth-order valence-corrected chi connectivity index (χ4v) is 1.11. The van der Waals surface area contributed by atoms with Gasteiger partial charge < -0.3 is 10.2 Å². The minimum atomic E-state index is -0.824. The second kappa shape index (κ2) is 3.69. The first-order chi connectivity index (χ1) is 5.66. The Bertz CT molecular complexity index is 245. The van der Waals surface area contributed by atoms with E-state index < -0.39 is 6.10 Å². The average molecular weight is 170 g/mol. The molecule has 0 saturated carbocycles. The molecule has 0 aliphatic rings. The number of hydrogen-bond acceptors (Lipinski definition) is 3. The fourth-order valence-electron chi connectivity index (χ4n) is 1.11. The maximum Gasteiger partial charge on any atom is 0.119 e. The van der Waals surface area contributed by atoms with Gasteiger partial charge in [0.15, 0.2) is 0 Å². The summed E-state index contributed by atoms with van der Waals surface area (Å²) in [5, 5.41) is 22.1. The van der Waals surface area contributed by atoms with Crippen molar-refractivity contribution in [3.8, 4) is 0 Å². The Morgan fingerprint density at radius 1 is 1.58 bits per heavy atom. The van der Waals surface area contributed by atoms with Gasteiger partial charge in [-0.1, -0.05) is 0 Å². The molecule has 12 heavy (non-hydrogen) atoms. The smallest absolute Gasteiger partial charge is 0.119 e. The molecule has 2 N–H and O–H groups in total. The van der Waals surface area contributed by atoms with Crippen LogP contribution in [-0.2, 0) is 0 Å². The molecule has 4 heteroatoms. The Morgan fingerprint density at radius 3 is 2.75 bits per heavy atom. The number of aliphatic hydroxyl groups excluding tert-OH is 2. The van der Waals surface area contributed by atoms with E-state index >= 15 is 0 Å². The maximum atomic E-state index is 9.34. The van der Waals surface area contributed by atoms with E-state index in [1.165, 1.54) is 0 Å². The van der Waals surface area contributed by atoms with Crippen LogP contribution in [0.25, 0.3) is 0 Å². The first-order valence-electron chi connectivity index (χ1n) is 3.99. The molecular formula is C8H14N2O2. The molecule has 1 unspecified atom stereocenters. The van der Waals surface area contributed by atoms with E-state index in [0.717, 1.165) is 0 Å². The number of nitrogens with zero attached hydrogens (tertiary/aromatic N) is 2. The molecule has 0 amide bonds. The van der Waals surface area contributed by atoms with Gasteiger partial charge in [0, 0.05) is 12.2 Å². The summed E-state index contributed by atoms with van der Waals surface area (Å²) in [6.07, 6.45) is 0.795. The van der Waals surface area contributed by atoms with Crippen molar-refractivity contribution in [2.75, 3.05) is 6.61 Å². The van der Waals surface area contributed by atoms with Crippen LogP contribution in [0.15, 0.2) is 12.3 Å². The van der Waals surface area contributed by atoms with Crippen LogP contribution in [0.5, 0.6) is 0 Å². The molecule has 0 bridgehead atoms. The molecular weight excluding hydrogens is 156 g/mol. The fraction of sp³-hybridized carbons (Fsp3) is 0.625. The van der Waals surface area contributed by atoms with E-state index in [2.05, 4.69) is 5.10 Å². The summed E-state index contributed by atoms with van der Waals surface area (Å²) >= 11 is 0. The molecule has 0 saturated heterocycles. The van der Waals surface area contributed by atoms with E-state index in [-0.39, 0.29) is 12.6 Å². The van der Waals surface area contributed by atoms with Crippen molar-refractivity contribution in [3.63, 3.8) is 0 Å². The molecule has 68 valence electrons. The number of hydrogen-bond donors (Lipinski definition) is 2. The summed E-state index contributed by atoms with van der Waals surface area (Å²) < 4.78 is 1.70. The molecule has 0 aliphatic heterocycles. The van der Waals surface area contributed by atoms with Crippen LogP contribution in [0, 0.1) is 0 Å². The van der Waals surface area contributed by atoms with Gasteiger partial charge in [0.05, 0.1) is 12.3 Å². The quantitative estimate of drug-likeness (QED) is 0.694. The van der Waals surface area contributed by atoms with E-state index in [0.29, 0.717) is 5.69 Å². The first kappa shape index (κ1) is 9.22. The highest BCUT2D eigenvalue weighted by Gasteiger charge is 2.13. The second-order valence-electron chi connectivity index (χ2n) is 2.99. The van der Waals surface area contributed by atoms with Crippen molar-refractivity contribution >= 4 is 0 Å². The lowest BCUT2D eigenvalue weighted by Gasteiger charge is -2.13. The van der Waals surface area contributed by atoms with Crippen molar-refractivity contribution in [1.29, 1.82) is 0 Å². The van der Waals surface area contributed by atoms with E-state index in [4.69, 9.17) is 5.11 Å². The third-order valence-electron chi connectivity index (χ3n) is 1.70. The molecule has 0 aromatic carbocycles. The summed E-state index contributed by atoms with van der Waals surface area (Å²) in [7, 11) is 0. The van der Waals surface area contributed by atoms with Crippen LogP contribution < -0.4 is 0 Å². The Morgan fingerprint density at radius 2 is 2.25 bits per heavy atom. The van der Waals surface area contributed by atoms with Gasteiger partial charge in [-0.05, 0) is 19.9 Å². The molecule has 1 atom stereocenters. The van der Waals surface area contributed by atoms with Crippen LogP contribution >= 0.6 is 0 Å². The molecule has 0 spiro atoms. The lowest BCUT2D eigenvalue weighted by molar-refractivity contribution is 0.0871. The monoisotopic (exact) mass is 170 g/mol. The van der Waals surface area contributed by atoms with Gasteiger partial charge in [0.25, 0.3) is 0 Å². The lowest BCUT2D eigenvalue weighted by Crippen LogP contribution is -2.13. The number of aromatic nitrogens is 2. The zero-order valence-electron chi connectivity index (χ0n) is 7.31. The topological polar surface area (TPSA) is 58.3 Å². The van der Waals surface area contributed by atoms with Crippen molar-refractivity contribution in [2.24, 2.45) is 0 Å². The highest BCUT2D eigenvalue weighted by atomic mass is 16.3. The van der Waals surface area contributed by atoms with Crippen LogP contribution in [0.1, 0.15) is 31.7 Å². The highest BCUT2D eigenvalue weighted by molar-refractivity contribution is 5.05. The molecule has 0 aliphatic carbocycles. The molecule has 1 heterocycles. The molecule has 1 aromatic heterocycles. The molecule has 1 aromatic rings. The summed E-state index contributed by atoms with van der Waals surface area (Å²) in [6.45, 7) is 3.68. The van der Waals surface area contributed by atoms with E-state index in [9.17, 15) is 5.11 Å². The van der Waals surface area contributed by atoms with Crippen molar-refractivity contribution in [1.82, 2.24) is 9.78 Å². The zero-order chi connectivity index (χ0) is 9.14. The summed E-state index contributed by atoms with van der Waals surface area (Å²) in [6, 6.07) is 1.91.